The third-order valence-corrected chi connectivity index (χ3v) is 4.82. The minimum atomic E-state index is -0.290. The molecule has 1 aliphatic rings. The summed E-state index contributed by atoms with van der Waals surface area (Å²) in [6.07, 6.45) is 2.81. The van der Waals surface area contributed by atoms with E-state index in [1.807, 2.05) is 16.0 Å². The van der Waals surface area contributed by atoms with Crippen LogP contribution in [0.15, 0.2) is 35.8 Å². The maximum absolute atomic E-state index is 13.1. The first kappa shape index (κ1) is 13.5. The predicted octanol–water partition coefficient (Wildman–Crippen LogP) is 3.80. The van der Waals surface area contributed by atoms with E-state index in [0.29, 0.717) is 17.4 Å². The molecule has 112 valence electrons. The number of hydrogen-bond acceptors (Lipinski definition) is 3. The number of imidazole rings is 1. The number of fused-ring (bicyclic) bond motifs is 1. The number of anilines is 1. The van der Waals surface area contributed by atoms with Gasteiger partial charge in [0.15, 0.2) is 4.96 Å². The molecule has 0 aliphatic heterocycles. The predicted molar refractivity (Wildman–Crippen MR) is 84.4 cm³/mol. The van der Waals surface area contributed by atoms with Crippen molar-refractivity contribution in [3.05, 3.63) is 41.7 Å². The fraction of sp³-hybridized carbons (Fsp3) is 0.250. The van der Waals surface area contributed by atoms with Crippen LogP contribution in [-0.4, -0.2) is 15.3 Å². The molecule has 1 fully saturated rings. The Labute approximate surface area is 130 Å². The van der Waals surface area contributed by atoms with Gasteiger partial charge in [-0.25, -0.2) is 9.37 Å². The van der Waals surface area contributed by atoms with Gasteiger partial charge >= 0.3 is 0 Å². The van der Waals surface area contributed by atoms with Crippen LogP contribution in [0.4, 0.5) is 10.2 Å². The van der Waals surface area contributed by atoms with Crippen LogP contribution >= 0.6 is 11.3 Å². The van der Waals surface area contributed by atoms with E-state index in [0.717, 1.165) is 16.9 Å². The number of carbonyl (C=O) groups excluding carboxylic acids is 1. The highest BCUT2D eigenvalue weighted by Gasteiger charge is 2.39. The summed E-state index contributed by atoms with van der Waals surface area (Å²) < 4.78 is 15.0. The lowest BCUT2D eigenvalue weighted by molar-refractivity contribution is -0.117. The van der Waals surface area contributed by atoms with Gasteiger partial charge in [-0.05, 0) is 36.6 Å². The van der Waals surface area contributed by atoms with Crippen molar-refractivity contribution in [2.45, 2.75) is 13.3 Å². The van der Waals surface area contributed by atoms with Gasteiger partial charge in [0.2, 0.25) is 5.91 Å². The van der Waals surface area contributed by atoms with Crippen LogP contribution in [0.3, 0.4) is 0 Å². The number of hydrogen-bond donors (Lipinski definition) is 1. The number of rotatable bonds is 3. The Morgan fingerprint density at radius 1 is 1.41 bits per heavy atom. The molecule has 2 aromatic heterocycles. The molecular formula is C16H14FN3OS. The summed E-state index contributed by atoms with van der Waals surface area (Å²) in [6.45, 7) is 2.07. The van der Waals surface area contributed by atoms with Crippen molar-refractivity contribution in [2.75, 3.05) is 5.32 Å². The van der Waals surface area contributed by atoms with Gasteiger partial charge in [0, 0.05) is 23.1 Å². The first-order valence-corrected chi connectivity index (χ1v) is 8.04. The molecule has 22 heavy (non-hydrogen) atoms. The second-order valence-electron chi connectivity index (χ2n) is 5.68. The smallest absolute Gasteiger partial charge is 0.228 e. The van der Waals surface area contributed by atoms with Crippen molar-refractivity contribution < 1.29 is 9.18 Å². The van der Waals surface area contributed by atoms with Crippen LogP contribution in [0.2, 0.25) is 0 Å². The number of halogens is 1. The maximum Gasteiger partial charge on any atom is 0.228 e. The third-order valence-electron chi connectivity index (χ3n) is 4.07. The van der Waals surface area contributed by atoms with Gasteiger partial charge in [0.05, 0.1) is 0 Å². The highest BCUT2D eigenvalue weighted by atomic mass is 32.1. The molecular weight excluding hydrogens is 301 g/mol. The maximum atomic E-state index is 13.1. The molecule has 3 aromatic rings. The van der Waals surface area contributed by atoms with Gasteiger partial charge in [-0.1, -0.05) is 6.92 Å². The Bertz CT molecular complexity index is 852. The molecule has 2 heterocycles. The molecule has 1 saturated carbocycles. The van der Waals surface area contributed by atoms with Crippen molar-refractivity contribution in [2.24, 2.45) is 11.8 Å². The summed E-state index contributed by atoms with van der Waals surface area (Å²) >= 11 is 1.50. The molecule has 0 radical (unpaired) electrons. The van der Waals surface area contributed by atoms with E-state index in [1.165, 1.54) is 23.5 Å². The second-order valence-corrected chi connectivity index (χ2v) is 6.55. The van der Waals surface area contributed by atoms with Crippen LogP contribution in [-0.2, 0) is 4.79 Å². The van der Waals surface area contributed by atoms with Crippen LogP contribution in [0.1, 0.15) is 13.3 Å². The minimum Gasteiger partial charge on any atom is -0.310 e. The van der Waals surface area contributed by atoms with Crippen LogP contribution in [0.5, 0.6) is 0 Å². The van der Waals surface area contributed by atoms with Gasteiger partial charge < -0.3 is 5.32 Å². The summed E-state index contributed by atoms with van der Waals surface area (Å²) in [5, 5.41) is 4.92. The summed E-state index contributed by atoms with van der Waals surface area (Å²) in [7, 11) is 0. The molecule has 0 spiro atoms. The van der Waals surface area contributed by atoms with Crippen molar-refractivity contribution in [3.8, 4) is 11.3 Å². The summed E-state index contributed by atoms with van der Waals surface area (Å²) in [4.78, 5) is 17.7. The van der Waals surface area contributed by atoms with Crippen molar-refractivity contribution in [1.29, 1.82) is 0 Å². The van der Waals surface area contributed by atoms with Gasteiger partial charge in [-0.2, -0.15) is 0 Å². The van der Waals surface area contributed by atoms with Crippen LogP contribution < -0.4 is 5.32 Å². The molecule has 1 N–H and O–H groups in total. The molecule has 0 bridgehead atoms. The van der Waals surface area contributed by atoms with Gasteiger partial charge in [-0.15, -0.1) is 11.3 Å². The quantitative estimate of drug-likeness (QED) is 0.799. The molecule has 4 nitrogen and oxygen atoms in total. The molecule has 1 amide bonds. The van der Waals surface area contributed by atoms with Crippen LogP contribution in [0, 0.1) is 17.7 Å². The molecule has 1 aromatic carbocycles. The van der Waals surface area contributed by atoms with Gasteiger partial charge in [-0.3, -0.25) is 9.20 Å². The highest BCUT2D eigenvalue weighted by molar-refractivity contribution is 7.15. The SMILES string of the molecule is C[C@H]1C[C@@H]1C(=O)Nc1c(-c2ccc(F)cc2)nc2sccn12. The van der Waals surface area contributed by atoms with E-state index in [1.54, 1.807) is 12.1 Å². The largest absolute Gasteiger partial charge is 0.310 e. The zero-order valence-electron chi connectivity index (χ0n) is 11.9. The summed E-state index contributed by atoms with van der Waals surface area (Å²) in [5.41, 5.74) is 1.46. The van der Waals surface area contributed by atoms with Crippen molar-refractivity contribution in [3.63, 3.8) is 0 Å². The normalized spacial score (nSPS) is 20.3. The van der Waals surface area contributed by atoms with Gasteiger partial charge in [0.25, 0.3) is 0 Å². The lowest BCUT2D eigenvalue weighted by Gasteiger charge is -2.06. The first-order chi connectivity index (χ1) is 10.6. The number of benzene rings is 1. The zero-order valence-corrected chi connectivity index (χ0v) is 12.7. The van der Waals surface area contributed by atoms with E-state index in [-0.39, 0.29) is 17.6 Å². The second kappa shape index (κ2) is 4.91. The Hall–Kier alpha value is -2.21. The highest BCUT2D eigenvalue weighted by Crippen LogP contribution is 2.39. The lowest BCUT2D eigenvalue weighted by Crippen LogP contribution is -2.16. The average Bonchev–Trinajstić information content (AvgIpc) is 2.93. The zero-order chi connectivity index (χ0) is 15.3. The monoisotopic (exact) mass is 315 g/mol. The summed E-state index contributed by atoms with van der Waals surface area (Å²) in [5.74, 6) is 0.934. The van der Waals surface area contributed by atoms with Crippen molar-refractivity contribution in [1.82, 2.24) is 9.38 Å². The van der Waals surface area contributed by atoms with E-state index < -0.39 is 0 Å². The number of amides is 1. The third kappa shape index (κ3) is 2.20. The minimum absolute atomic E-state index is 0.0314. The van der Waals surface area contributed by atoms with E-state index in [2.05, 4.69) is 17.2 Å². The number of thiazole rings is 1. The van der Waals surface area contributed by atoms with Crippen molar-refractivity contribution >= 4 is 28.0 Å². The van der Waals surface area contributed by atoms with E-state index >= 15 is 0 Å². The fourth-order valence-corrected chi connectivity index (χ4v) is 3.33. The average molecular weight is 315 g/mol. The fourth-order valence-electron chi connectivity index (χ4n) is 2.61. The molecule has 4 rings (SSSR count). The van der Waals surface area contributed by atoms with Crippen LogP contribution in [0.25, 0.3) is 16.2 Å². The number of aromatic nitrogens is 2. The molecule has 0 unspecified atom stereocenters. The molecule has 6 heteroatoms. The Kier molecular flexibility index (Phi) is 3.00. The topological polar surface area (TPSA) is 46.4 Å². The molecule has 1 aliphatic carbocycles. The molecule has 2 atom stereocenters. The lowest BCUT2D eigenvalue weighted by atomic mass is 10.1. The Balaban J connectivity index is 1.77. The Morgan fingerprint density at radius 3 is 2.82 bits per heavy atom. The standard InChI is InChI=1S/C16H14FN3OS/c1-9-8-12(9)15(21)19-14-13(10-2-4-11(17)5-3-10)18-16-20(14)6-7-22-16/h2-7,9,12H,8H2,1H3,(H,19,21)/t9-,12-/m0/s1. The van der Waals surface area contributed by atoms with E-state index in [4.69, 9.17) is 0 Å². The van der Waals surface area contributed by atoms with E-state index in [9.17, 15) is 9.18 Å². The number of carbonyl (C=O) groups is 1. The van der Waals surface area contributed by atoms with Gasteiger partial charge in [0.1, 0.15) is 17.3 Å². The number of nitrogens with zero attached hydrogens (tertiary/aromatic N) is 2. The number of nitrogens with one attached hydrogen (secondary N) is 1. The summed E-state index contributed by atoms with van der Waals surface area (Å²) in [6, 6.07) is 6.16. The first-order valence-electron chi connectivity index (χ1n) is 7.16. The molecule has 0 saturated heterocycles. The Morgan fingerprint density at radius 2 is 2.14 bits per heavy atom.